The lowest BCUT2D eigenvalue weighted by Crippen LogP contribution is -2.16. The lowest BCUT2D eigenvalue weighted by molar-refractivity contribution is 0.0723. The van der Waals surface area contributed by atoms with Crippen molar-refractivity contribution in [3.63, 3.8) is 0 Å². The molecule has 3 rings (SSSR count). The number of carbonyl (C=O) groups is 1. The molecule has 0 aromatic heterocycles. The average molecular weight is 393 g/mol. The minimum atomic E-state index is -1.41. The van der Waals surface area contributed by atoms with E-state index in [2.05, 4.69) is 6.92 Å². The van der Waals surface area contributed by atoms with Crippen LogP contribution in [0.25, 0.3) is 0 Å². The van der Waals surface area contributed by atoms with Crippen LogP contribution in [0.15, 0.2) is 24.3 Å². The number of benzene rings is 2. The van der Waals surface area contributed by atoms with Crippen LogP contribution in [0.1, 0.15) is 61.4 Å². The standard InChI is InChI=1S/C21H17F4NO2.H2/c1-11-2-4-12(5-3-11)13-6-18(24)20(19(25)7-13)21(27)28-14-8-16(22)15(10-26)17(23)9-14;/h6-9,11-12H,2-5H2,1H3;1H. The predicted octanol–water partition coefficient (Wildman–Crippen LogP) is 5.87. The van der Waals surface area contributed by atoms with Crippen LogP contribution >= 0.6 is 0 Å². The monoisotopic (exact) mass is 393 g/mol. The van der Waals surface area contributed by atoms with E-state index in [1.807, 2.05) is 0 Å². The number of hydrogen-bond donors (Lipinski definition) is 0. The molecule has 0 N–H and O–H groups in total. The van der Waals surface area contributed by atoms with Crippen LogP contribution < -0.4 is 4.74 Å². The molecule has 0 saturated heterocycles. The second-order valence-corrected chi connectivity index (χ2v) is 7.08. The molecule has 1 aliphatic carbocycles. The first-order valence-corrected chi connectivity index (χ1v) is 8.90. The molecule has 0 atom stereocenters. The first-order chi connectivity index (χ1) is 13.3. The van der Waals surface area contributed by atoms with Gasteiger partial charge in [0.05, 0.1) is 0 Å². The van der Waals surface area contributed by atoms with E-state index in [0.717, 1.165) is 37.8 Å². The first-order valence-electron chi connectivity index (χ1n) is 8.90. The lowest BCUT2D eigenvalue weighted by Gasteiger charge is -2.26. The third kappa shape index (κ3) is 4.01. The normalized spacial score (nSPS) is 19.1. The molecule has 0 heterocycles. The fraction of sp³-hybridized carbons (Fsp3) is 0.333. The Hall–Kier alpha value is -2.88. The van der Waals surface area contributed by atoms with E-state index in [4.69, 9.17) is 10.00 Å². The summed E-state index contributed by atoms with van der Waals surface area (Å²) >= 11 is 0. The fourth-order valence-electron chi connectivity index (χ4n) is 3.49. The van der Waals surface area contributed by atoms with E-state index in [1.54, 1.807) is 0 Å². The Morgan fingerprint density at radius 3 is 2.04 bits per heavy atom. The second-order valence-electron chi connectivity index (χ2n) is 7.08. The van der Waals surface area contributed by atoms with Crippen molar-refractivity contribution in [2.45, 2.75) is 38.5 Å². The smallest absolute Gasteiger partial charge is 0.349 e. The highest BCUT2D eigenvalue weighted by Gasteiger charge is 2.26. The molecule has 0 spiro atoms. The van der Waals surface area contributed by atoms with Gasteiger partial charge in [-0.3, -0.25) is 0 Å². The molecule has 148 valence electrons. The summed E-state index contributed by atoms with van der Waals surface area (Å²) in [6, 6.07) is 4.75. The van der Waals surface area contributed by atoms with Crippen molar-refractivity contribution in [3.05, 3.63) is 64.2 Å². The van der Waals surface area contributed by atoms with Crippen LogP contribution in [0.3, 0.4) is 0 Å². The van der Waals surface area contributed by atoms with Gasteiger partial charge in [-0.25, -0.2) is 22.4 Å². The van der Waals surface area contributed by atoms with E-state index in [0.29, 0.717) is 23.6 Å². The summed E-state index contributed by atoms with van der Waals surface area (Å²) < 4.78 is 60.8. The van der Waals surface area contributed by atoms with Crippen molar-refractivity contribution < 1.29 is 28.5 Å². The topological polar surface area (TPSA) is 50.1 Å². The quantitative estimate of drug-likeness (QED) is 0.372. The van der Waals surface area contributed by atoms with Gasteiger partial charge >= 0.3 is 5.97 Å². The molecule has 0 radical (unpaired) electrons. The van der Waals surface area contributed by atoms with Crippen LogP contribution in [0.2, 0.25) is 0 Å². The van der Waals surface area contributed by atoms with E-state index >= 15 is 0 Å². The Bertz CT molecular complexity index is 920. The molecular formula is C21H19F4NO2. The zero-order valence-corrected chi connectivity index (χ0v) is 15.1. The molecule has 0 bridgehead atoms. The Labute approximate surface area is 161 Å². The number of rotatable bonds is 3. The Kier molecular flexibility index (Phi) is 5.68. The summed E-state index contributed by atoms with van der Waals surface area (Å²) in [4.78, 5) is 12.2. The Balaban J connectivity index is 0.00000300. The van der Waals surface area contributed by atoms with Gasteiger partial charge in [-0.15, -0.1) is 0 Å². The number of esters is 1. The zero-order chi connectivity index (χ0) is 20.4. The third-order valence-electron chi connectivity index (χ3n) is 5.09. The molecule has 1 aliphatic rings. The van der Waals surface area contributed by atoms with Gasteiger partial charge in [-0.05, 0) is 42.4 Å². The maximum absolute atomic E-state index is 14.4. The molecule has 2 aromatic rings. The van der Waals surface area contributed by atoms with Crippen LogP contribution in [0, 0.1) is 40.5 Å². The number of nitriles is 1. The van der Waals surface area contributed by atoms with Crippen molar-refractivity contribution >= 4 is 5.97 Å². The second kappa shape index (κ2) is 8.01. The molecule has 0 aliphatic heterocycles. The van der Waals surface area contributed by atoms with E-state index in [-0.39, 0.29) is 7.34 Å². The summed E-state index contributed by atoms with van der Waals surface area (Å²) in [6.07, 6.45) is 3.56. The minimum Gasteiger partial charge on any atom is -0.423 e. The highest BCUT2D eigenvalue weighted by atomic mass is 19.1. The molecular weight excluding hydrogens is 374 g/mol. The number of carbonyl (C=O) groups excluding carboxylic acids is 1. The third-order valence-corrected chi connectivity index (χ3v) is 5.09. The molecule has 0 unspecified atom stereocenters. The average Bonchev–Trinajstić information content (AvgIpc) is 2.61. The van der Waals surface area contributed by atoms with Gasteiger partial charge in [-0.1, -0.05) is 19.8 Å². The van der Waals surface area contributed by atoms with Crippen molar-refractivity contribution in [2.24, 2.45) is 5.92 Å². The molecule has 3 nitrogen and oxygen atoms in total. The van der Waals surface area contributed by atoms with Crippen LogP contribution in [-0.2, 0) is 0 Å². The van der Waals surface area contributed by atoms with Crippen LogP contribution in [0.5, 0.6) is 5.75 Å². The number of halogens is 4. The summed E-state index contributed by atoms with van der Waals surface area (Å²) in [5, 5.41) is 8.63. The summed E-state index contributed by atoms with van der Waals surface area (Å²) in [5.74, 6) is -6.08. The van der Waals surface area contributed by atoms with E-state index < -0.39 is 46.1 Å². The van der Waals surface area contributed by atoms with Gasteiger partial charge in [-0.2, -0.15) is 5.26 Å². The van der Waals surface area contributed by atoms with E-state index in [1.165, 1.54) is 6.07 Å². The van der Waals surface area contributed by atoms with E-state index in [9.17, 15) is 22.4 Å². The van der Waals surface area contributed by atoms with Gasteiger partial charge in [0.1, 0.15) is 46.2 Å². The van der Waals surface area contributed by atoms with Gasteiger partial charge in [0.2, 0.25) is 0 Å². The maximum atomic E-state index is 14.4. The summed E-state index contributed by atoms with van der Waals surface area (Å²) in [5.41, 5.74) is -1.30. The maximum Gasteiger partial charge on any atom is 0.349 e. The highest BCUT2D eigenvalue weighted by molar-refractivity contribution is 5.91. The largest absolute Gasteiger partial charge is 0.423 e. The van der Waals surface area contributed by atoms with Gasteiger partial charge in [0.25, 0.3) is 0 Å². The lowest BCUT2D eigenvalue weighted by atomic mass is 9.79. The van der Waals surface area contributed by atoms with Crippen molar-refractivity contribution in [3.8, 4) is 11.8 Å². The molecule has 28 heavy (non-hydrogen) atoms. The van der Waals surface area contributed by atoms with Crippen molar-refractivity contribution in [1.82, 2.24) is 0 Å². The van der Waals surface area contributed by atoms with Crippen LogP contribution in [-0.4, -0.2) is 5.97 Å². The first kappa shape index (κ1) is 19.9. The molecule has 1 saturated carbocycles. The van der Waals surface area contributed by atoms with Crippen molar-refractivity contribution in [1.29, 1.82) is 5.26 Å². The molecule has 1 fully saturated rings. The molecule has 2 aromatic carbocycles. The number of hydrogen-bond acceptors (Lipinski definition) is 3. The van der Waals surface area contributed by atoms with Gasteiger partial charge in [0, 0.05) is 13.6 Å². The zero-order valence-electron chi connectivity index (χ0n) is 15.1. The number of nitrogens with zero attached hydrogens (tertiary/aromatic N) is 1. The summed E-state index contributed by atoms with van der Waals surface area (Å²) in [7, 11) is 0. The summed E-state index contributed by atoms with van der Waals surface area (Å²) in [6.45, 7) is 2.13. The van der Waals surface area contributed by atoms with Gasteiger partial charge in [0.15, 0.2) is 0 Å². The number of ether oxygens (including phenoxy) is 1. The molecule has 0 amide bonds. The minimum absolute atomic E-state index is 0. The Morgan fingerprint density at radius 1 is 1.00 bits per heavy atom. The Morgan fingerprint density at radius 2 is 1.54 bits per heavy atom. The highest BCUT2D eigenvalue weighted by Crippen LogP contribution is 2.36. The van der Waals surface area contributed by atoms with Crippen molar-refractivity contribution in [2.75, 3.05) is 0 Å². The predicted molar refractivity (Wildman–Crippen MR) is 94.9 cm³/mol. The fourth-order valence-corrected chi connectivity index (χ4v) is 3.49. The SMILES string of the molecule is CC1CCC(c2cc(F)c(C(=O)Oc3cc(F)c(C#N)c(F)c3)c(F)c2)CC1.[HH]. The van der Waals surface area contributed by atoms with Gasteiger partial charge < -0.3 is 4.74 Å². The molecule has 7 heteroatoms. The van der Waals surface area contributed by atoms with Crippen LogP contribution in [0.4, 0.5) is 17.6 Å².